The molecule has 4 rings (SSSR count). The molecule has 0 amide bonds. The number of hydrogen-bond donors (Lipinski definition) is 0. The minimum absolute atomic E-state index is 0.0252. The Morgan fingerprint density at radius 3 is 2.15 bits per heavy atom. The van der Waals surface area contributed by atoms with Crippen molar-refractivity contribution in [1.29, 1.82) is 0 Å². The van der Waals surface area contributed by atoms with Crippen LogP contribution < -0.4 is 4.74 Å². The van der Waals surface area contributed by atoms with Gasteiger partial charge in [-0.1, -0.05) is 23.2 Å². The number of benzene rings is 2. The van der Waals surface area contributed by atoms with Crippen molar-refractivity contribution >= 4 is 34.4 Å². The second-order valence-corrected chi connectivity index (χ2v) is 7.14. The molecule has 4 aromatic rings. The Labute approximate surface area is 166 Å². The molecule has 5 nitrogen and oxygen atoms in total. The van der Waals surface area contributed by atoms with E-state index in [-0.39, 0.29) is 6.10 Å². The highest BCUT2D eigenvalue weighted by Crippen LogP contribution is 2.32. The van der Waals surface area contributed by atoms with Crippen LogP contribution in [0.1, 0.15) is 13.8 Å². The van der Waals surface area contributed by atoms with Crippen LogP contribution in [0.3, 0.4) is 0 Å². The van der Waals surface area contributed by atoms with Crippen LogP contribution >= 0.6 is 23.2 Å². The Bertz CT molecular complexity index is 1090. The van der Waals surface area contributed by atoms with Crippen molar-refractivity contribution in [2.75, 3.05) is 0 Å². The molecule has 2 aromatic carbocycles. The maximum Gasteiger partial charge on any atom is 0.245 e. The number of ether oxygens (including phenoxy) is 1. The van der Waals surface area contributed by atoms with Crippen molar-refractivity contribution in [2.24, 2.45) is 0 Å². The smallest absolute Gasteiger partial charge is 0.245 e. The fourth-order valence-corrected chi connectivity index (χ4v) is 3.06. The lowest BCUT2D eigenvalue weighted by Gasteiger charge is -2.10. The van der Waals surface area contributed by atoms with Crippen LogP contribution in [-0.4, -0.2) is 25.6 Å². The van der Waals surface area contributed by atoms with Crippen LogP contribution in [0.5, 0.6) is 5.88 Å². The number of aromatic nitrogens is 4. The van der Waals surface area contributed by atoms with Gasteiger partial charge in [0.1, 0.15) is 12.2 Å². The summed E-state index contributed by atoms with van der Waals surface area (Å²) >= 11 is 12.1. The molecular weight excluding hydrogens is 383 g/mol. The molecule has 0 saturated carbocycles. The maximum atomic E-state index is 6.06. The van der Waals surface area contributed by atoms with Gasteiger partial charge in [-0.25, -0.2) is 9.97 Å². The predicted molar refractivity (Wildman–Crippen MR) is 108 cm³/mol. The molecule has 0 aliphatic heterocycles. The Morgan fingerprint density at radius 1 is 0.889 bits per heavy atom. The van der Waals surface area contributed by atoms with E-state index in [1.165, 1.54) is 6.33 Å². The molecule has 0 atom stereocenters. The van der Waals surface area contributed by atoms with E-state index in [0.29, 0.717) is 27.1 Å². The molecule has 0 radical (unpaired) electrons. The molecule has 0 saturated heterocycles. The molecule has 0 bridgehead atoms. The van der Waals surface area contributed by atoms with E-state index in [0.717, 1.165) is 17.1 Å². The number of imidazole rings is 1. The summed E-state index contributed by atoms with van der Waals surface area (Å²) in [6.07, 6.45) is 1.46. The van der Waals surface area contributed by atoms with Gasteiger partial charge in [0.05, 0.1) is 6.10 Å². The normalized spacial score (nSPS) is 11.3. The van der Waals surface area contributed by atoms with Crippen molar-refractivity contribution in [3.8, 4) is 23.0 Å². The van der Waals surface area contributed by atoms with Crippen molar-refractivity contribution in [2.45, 2.75) is 20.0 Å². The third-order valence-electron chi connectivity index (χ3n) is 3.95. The standard InChI is InChI=1S/C20H16Cl2N4O/c1-12(2)27-20-17-19(23-11-24-20)26(16-9-7-15(22)8-10-16)18(25-17)13-3-5-14(21)6-4-13/h3-12H,1-2H3. The van der Waals surface area contributed by atoms with Crippen LogP contribution in [-0.2, 0) is 0 Å². The third kappa shape index (κ3) is 3.48. The summed E-state index contributed by atoms with van der Waals surface area (Å²) in [5.41, 5.74) is 3.06. The molecule has 0 aliphatic carbocycles. The Kier molecular flexibility index (Phi) is 4.72. The number of nitrogens with zero attached hydrogens (tertiary/aromatic N) is 4. The highest BCUT2D eigenvalue weighted by molar-refractivity contribution is 6.30. The largest absolute Gasteiger partial charge is 0.473 e. The van der Waals surface area contributed by atoms with Gasteiger partial charge in [-0.05, 0) is 62.4 Å². The van der Waals surface area contributed by atoms with Gasteiger partial charge < -0.3 is 4.74 Å². The average molecular weight is 399 g/mol. The second kappa shape index (κ2) is 7.18. The molecular formula is C20H16Cl2N4O. The van der Waals surface area contributed by atoms with E-state index in [2.05, 4.69) is 9.97 Å². The zero-order valence-corrected chi connectivity index (χ0v) is 16.2. The lowest BCUT2D eigenvalue weighted by molar-refractivity contribution is 0.235. The molecule has 136 valence electrons. The van der Waals surface area contributed by atoms with Crippen LogP contribution in [0.4, 0.5) is 0 Å². The van der Waals surface area contributed by atoms with Crippen LogP contribution in [0, 0.1) is 0 Å². The summed E-state index contributed by atoms with van der Waals surface area (Å²) in [6.45, 7) is 3.90. The first-order chi connectivity index (χ1) is 13.0. The number of halogens is 2. The fraction of sp³-hybridized carbons (Fsp3) is 0.150. The summed E-state index contributed by atoms with van der Waals surface area (Å²) in [6, 6.07) is 15.0. The monoisotopic (exact) mass is 398 g/mol. The first-order valence-corrected chi connectivity index (χ1v) is 9.20. The first kappa shape index (κ1) is 17.8. The van der Waals surface area contributed by atoms with Crippen LogP contribution in [0.2, 0.25) is 10.0 Å². The molecule has 0 unspecified atom stereocenters. The van der Waals surface area contributed by atoms with Gasteiger partial charge >= 0.3 is 0 Å². The topological polar surface area (TPSA) is 52.8 Å². The van der Waals surface area contributed by atoms with Gasteiger partial charge in [-0.2, -0.15) is 4.98 Å². The summed E-state index contributed by atoms with van der Waals surface area (Å²) in [4.78, 5) is 13.5. The predicted octanol–water partition coefficient (Wildman–Crippen LogP) is 5.58. The second-order valence-electron chi connectivity index (χ2n) is 6.27. The van der Waals surface area contributed by atoms with E-state index < -0.39 is 0 Å². The first-order valence-electron chi connectivity index (χ1n) is 8.45. The number of fused-ring (bicyclic) bond motifs is 1. The fourth-order valence-electron chi connectivity index (χ4n) is 2.81. The molecule has 0 spiro atoms. The minimum Gasteiger partial charge on any atom is -0.473 e. The highest BCUT2D eigenvalue weighted by Gasteiger charge is 2.20. The molecule has 27 heavy (non-hydrogen) atoms. The van der Waals surface area contributed by atoms with Crippen LogP contribution in [0.15, 0.2) is 54.9 Å². The Hall–Kier alpha value is -2.63. The highest BCUT2D eigenvalue weighted by atomic mass is 35.5. The molecule has 2 heterocycles. The van der Waals surface area contributed by atoms with E-state index in [4.69, 9.17) is 32.9 Å². The third-order valence-corrected chi connectivity index (χ3v) is 4.45. The quantitative estimate of drug-likeness (QED) is 0.450. The van der Waals surface area contributed by atoms with Gasteiger partial charge in [0, 0.05) is 21.3 Å². The van der Waals surface area contributed by atoms with Gasteiger partial charge in [-0.3, -0.25) is 4.57 Å². The van der Waals surface area contributed by atoms with Gasteiger partial charge in [0.2, 0.25) is 5.88 Å². The van der Waals surface area contributed by atoms with Gasteiger partial charge in [0.25, 0.3) is 0 Å². The zero-order valence-electron chi connectivity index (χ0n) is 14.7. The lowest BCUT2D eigenvalue weighted by Crippen LogP contribution is -2.07. The van der Waals surface area contributed by atoms with E-state index in [9.17, 15) is 0 Å². The van der Waals surface area contributed by atoms with Crippen molar-refractivity contribution in [3.05, 3.63) is 64.9 Å². The van der Waals surface area contributed by atoms with E-state index in [1.807, 2.05) is 66.9 Å². The average Bonchev–Trinajstić information content (AvgIpc) is 3.03. The summed E-state index contributed by atoms with van der Waals surface area (Å²) in [5.74, 6) is 1.18. The Morgan fingerprint density at radius 2 is 1.52 bits per heavy atom. The van der Waals surface area contributed by atoms with E-state index in [1.54, 1.807) is 0 Å². The maximum absolute atomic E-state index is 6.06. The molecule has 2 aromatic heterocycles. The van der Waals surface area contributed by atoms with Crippen LogP contribution in [0.25, 0.3) is 28.2 Å². The van der Waals surface area contributed by atoms with E-state index >= 15 is 0 Å². The van der Waals surface area contributed by atoms with Crippen molar-refractivity contribution in [3.63, 3.8) is 0 Å². The minimum atomic E-state index is -0.0252. The van der Waals surface area contributed by atoms with Crippen molar-refractivity contribution in [1.82, 2.24) is 19.5 Å². The van der Waals surface area contributed by atoms with Gasteiger partial charge in [0.15, 0.2) is 11.2 Å². The summed E-state index contributed by atoms with van der Waals surface area (Å²) in [7, 11) is 0. The lowest BCUT2D eigenvalue weighted by atomic mass is 10.2. The zero-order chi connectivity index (χ0) is 19.0. The molecule has 0 fully saturated rings. The molecule has 0 N–H and O–H groups in total. The SMILES string of the molecule is CC(C)Oc1ncnc2c1nc(-c1ccc(Cl)cc1)n2-c1ccc(Cl)cc1. The Balaban J connectivity index is 2.01. The summed E-state index contributed by atoms with van der Waals surface area (Å²) in [5, 5.41) is 1.33. The molecule has 0 aliphatic rings. The number of hydrogen-bond acceptors (Lipinski definition) is 4. The number of rotatable bonds is 4. The van der Waals surface area contributed by atoms with Gasteiger partial charge in [-0.15, -0.1) is 0 Å². The molecule has 7 heteroatoms. The van der Waals surface area contributed by atoms with Crippen molar-refractivity contribution < 1.29 is 4.74 Å². The summed E-state index contributed by atoms with van der Waals surface area (Å²) < 4.78 is 7.80.